The van der Waals surface area contributed by atoms with Crippen LogP contribution in [0.4, 0.5) is 8.78 Å². The SMILES string of the molecule is CN1CCCn2c(-c3cc(F)ccc3F)nc(CC(=O)N[C@@H](CC(C)(C)C)C(N)=O)c2C1. The van der Waals surface area contributed by atoms with Crippen LogP contribution in [-0.4, -0.2) is 45.9 Å². The highest BCUT2D eigenvalue weighted by Crippen LogP contribution is 2.29. The fourth-order valence-corrected chi connectivity index (χ4v) is 4.04. The van der Waals surface area contributed by atoms with Crippen molar-refractivity contribution in [1.29, 1.82) is 0 Å². The average Bonchev–Trinajstić information content (AvgIpc) is 2.86. The maximum atomic E-state index is 14.5. The number of hydrogen-bond donors (Lipinski definition) is 2. The molecular formula is C23H31F2N5O2. The number of aromatic nitrogens is 2. The lowest BCUT2D eigenvalue weighted by atomic mass is 9.88. The molecule has 3 N–H and O–H groups in total. The second-order valence-electron chi connectivity index (χ2n) is 9.66. The van der Waals surface area contributed by atoms with Crippen LogP contribution in [0.1, 0.15) is 45.0 Å². The topological polar surface area (TPSA) is 93.2 Å². The average molecular weight is 448 g/mol. The van der Waals surface area contributed by atoms with Gasteiger partial charge in [0.05, 0.1) is 23.4 Å². The molecule has 9 heteroatoms. The zero-order valence-electron chi connectivity index (χ0n) is 19.0. The van der Waals surface area contributed by atoms with E-state index in [0.29, 0.717) is 31.0 Å². The smallest absolute Gasteiger partial charge is 0.240 e. The first kappa shape index (κ1) is 23.8. The molecule has 0 unspecified atom stereocenters. The zero-order valence-corrected chi connectivity index (χ0v) is 19.0. The predicted molar refractivity (Wildman–Crippen MR) is 117 cm³/mol. The molecule has 0 aliphatic carbocycles. The molecule has 1 aromatic heterocycles. The number of hydrogen-bond acceptors (Lipinski definition) is 4. The Labute approximate surface area is 187 Å². The lowest BCUT2D eigenvalue weighted by Crippen LogP contribution is -2.47. The summed E-state index contributed by atoms with van der Waals surface area (Å²) in [5.74, 6) is -1.82. The summed E-state index contributed by atoms with van der Waals surface area (Å²) < 4.78 is 30.3. The van der Waals surface area contributed by atoms with Crippen molar-refractivity contribution in [2.45, 2.75) is 59.2 Å². The summed E-state index contributed by atoms with van der Waals surface area (Å²) in [5, 5.41) is 2.71. The third-order valence-electron chi connectivity index (χ3n) is 5.49. The van der Waals surface area contributed by atoms with E-state index in [9.17, 15) is 18.4 Å². The third kappa shape index (κ3) is 5.70. The molecule has 1 atom stereocenters. The van der Waals surface area contributed by atoms with Gasteiger partial charge in [0.15, 0.2) is 0 Å². The number of fused-ring (bicyclic) bond motifs is 1. The third-order valence-corrected chi connectivity index (χ3v) is 5.49. The van der Waals surface area contributed by atoms with E-state index in [2.05, 4.69) is 15.2 Å². The molecule has 1 aliphatic rings. The van der Waals surface area contributed by atoms with Crippen LogP contribution < -0.4 is 11.1 Å². The molecule has 2 heterocycles. The maximum absolute atomic E-state index is 14.5. The van der Waals surface area contributed by atoms with Crippen molar-refractivity contribution in [1.82, 2.24) is 19.8 Å². The molecular weight excluding hydrogens is 416 g/mol. The van der Waals surface area contributed by atoms with Crippen molar-refractivity contribution in [3.05, 3.63) is 41.2 Å². The quantitative estimate of drug-likeness (QED) is 0.712. The summed E-state index contributed by atoms with van der Waals surface area (Å²) in [4.78, 5) is 31.3. The molecule has 7 nitrogen and oxygen atoms in total. The second-order valence-corrected chi connectivity index (χ2v) is 9.66. The van der Waals surface area contributed by atoms with Gasteiger partial charge in [-0.25, -0.2) is 13.8 Å². The Bertz CT molecular complexity index is 1010. The van der Waals surface area contributed by atoms with Gasteiger partial charge in [-0.05, 0) is 50.0 Å². The largest absolute Gasteiger partial charge is 0.368 e. The number of primary amides is 1. The Morgan fingerprint density at radius 2 is 1.97 bits per heavy atom. The number of halogens is 2. The van der Waals surface area contributed by atoms with Crippen LogP contribution in [-0.2, 0) is 29.1 Å². The number of carbonyl (C=O) groups excluding carboxylic acids is 2. The van der Waals surface area contributed by atoms with Gasteiger partial charge in [-0.3, -0.25) is 9.59 Å². The number of nitrogens with zero attached hydrogens (tertiary/aromatic N) is 3. The minimum Gasteiger partial charge on any atom is -0.368 e. The van der Waals surface area contributed by atoms with Crippen molar-refractivity contribution < 1.29 is 18.4 Å². The monoisotopic (exact) mass is 447 g/mol. The molecule has 2 aromatic rings. The van der Waals surface area contributed by atoms with Crippen molar-refractivity contribution >= 4 is 11.8 Å². The number of nitrogens with one attached hydrogen (secondary N) is 1. The van der Waals surface area contributed by atoms with E-state index in [1.165, 1.54) is 0 Å². The van der Waals surface area contributed by atoms with Gasteiger partial charge >= 0.3 is 0 Å². The molecule has 1 aliphatic heterocycles. The van der Waals surface area contributed by atoms with Crippen LogP contribution >= 0.6 is 0 Å². The summed E-state index contributed by atoms with van der Waals surface area (Å²) in [5.41, 5.74) is 6.61. The zero-order chi connectivity index (χ0) is 23.6. The molecule has 0 radical (unpaired) electrons. The number of benzene rings is 1. The summed E-state index contributed by atoms with van der Waals surface area (Å²) in [6.07, 6.45) is 1.12. The highest BCUT2D eigenvalue weighted by Gasteiger charge is 2.28. The van der Waals surface area contributed by atoms with Crippen molar-refractivity contribution in [2.75, 3.05) is 13.6 Å². The summed E-state index contributed by atoms with van der Waals surface area (Å²) in [7, 11) is 1.96. The summed E-state index contributed by atoms with van der Waals surface area (Å²) in [6, 6.07) is 2.46. The Morgan fingerprint density at radius 3 is 2.62 bits per heavy atom. The Morgan fingerprint density at radius 1 is 1.25 bits per heavy atom. The van der Waals surface area contributed by atoms with E-state index in [0.717, 1.165) is 36.9 Å². The van der Waals surface area contributed by atoms with Gasteiger partial charge in [0, 0.05) is 13.1 Å². The number of carbonyl (C=O) groups is 2. The summed E-state index contributed by atoms with van der Waals surface area (Å²) >= 11 is 0. The van der Waals surface area contributed by atoms with Crippen molar-refractivity contribution in [3.63, 3.8) is 0 Å². The molecule has 3 rings (SSSR count). The van der Waals surface area contributed by atoms with E-state index >= 15 is 0 Å². The molecule has 32 heavy (non-hydrogen) atoms. The Kier molecular flexibility index (Phi) is 6.97. The molecule has 0 spiro atoms. The molecule has 2 amide bonds. The molecule has 0 saturated heterocycles. The van der Waals surface area contributed by atoms with Gasteiger partial charge in [0.1, 0.15) is 23.5 Å². The van der Waals surface area contributed by atoms with Gasteiger partial charge in [0.2, 0.25) is 11.8 Å². The number of rotatable bonds is 6. The standard InChI is InChI=1S/C23H31F2N5O2/c1-23(2,3)12-18(21(26)32)27-20(31)11-17-19-13-29(4)8-5-9-30(19)22(28-17)15-10-14(24)6-7-16(15)25/h6-7,10,18H,5,8-9,11-13H2,1-4H3,(H2,26,32)(H,27,31)/t18-/m0/s1. The van der Waals surface area contributed by atoms with E-state index in [4.69, 9.17) is 5.73 Å². The Hall–Kier alpha value is -2.81. The second kappa shape index (κ2) is 9.36. The van der Waals surface area contributed by atoms with E-state index in [-0.39, 0.29) is 17.4 Å². The minimum atomic E-state index is -0.800. The first-order valence-electron chi connectivity index (χ1n) is 10.8. The fourth-order valence-electron chi connectivity index (χ4n) is 4.04. The first-order valence-corrected chi connectivity index (χ1v) is 10.8. The van der Waals surface area contributed by atoms with Gasteiger partial charge in [-0.15, -0.1) is 0 Å². The molecule has 174 valence electrons. The van der Waals surface area contributed by atoms with Crippen molar-refractivity contribution in [2.24, 2.45) is 11.1 Å². The number of amides is 2. The first-order chi connectivity index (χ1) is 14.9. The summed E-state index contributed by atoms with van der Waals surface area (Å²) in [6.45, 7) is 7.80. The van der Waals surface area contributed by atoms with Crippen LogP contribution in [0.5, 0.6) is 0 Å². The van der Waals surface area contributed by atoms with Crippen LogP contribution in [0.3, 0.4) is 0 Å². The van der Waals surface area contributed by atoms with Crippen LogP contribution in [0.2, 0.25) is 0 Å². The van der Waals surface area contributed by atoms with Gasteiger partial charge in [-0.2, -0.15) is 0 Å². The lowest BCUT2D eigenvalue weighted by Gasteiger charge is -2.24. The highest BCUT2D eigenvalue weighted by molar-refractivity contribution is 5.87. The molecule has 0 saturated carbocycles. The van der Waals surface area contributed by atoms with E-state index in [1.807, 2.05) is 32.4 Å². The van der Waals surface area contributed by atoms with Crippen LogP contribution in [0, 0.1) is 17.0 Å². The van der Waals surface area contributed by atoms with Gasteiger partial charge in [0.25, 0.3) is 0 Å². The number of imidazole rings is 1. The normalized spacial score (nSPS) is 15.7. The Balaban J connectivity index is 1.94. The highest BCUT2D eigenvalue weighted by atomic mass is 19.1. The van der Waals surface area contributed by atoms with Crippen LogP contribution in [0.15, 0.2) is 18.2 Å². The molecule has 1 aromatic carbocycles. The molecule has 0 fully saturated rings. The predicted octanol–water partition coefficient (Wildman–Crippen LogP) is 2.61. The van der Waals surface area contributed by atoms with E-state index < -0.39 is 29.5 Å². The van der Waals surface area contributed by atoms with Gasteiger partial charge < -0.3 is 20.5 Å². The fraction of sp³-hybridized carbons (Fsp3) is 0.522. The van der Waals surface area contributed by atoms with Crippen LogP contribution in [0.25, 0.3) is 11.4 Å². The molecule has 0 bridgehead atoms. The van der Waals surface area contributed by atoms with Crippen molar-refractivity contribution in [3.8, 4) is 11.4 Å². The number of nitrogens with two attached hydrogens (primary N) is 1. The minimum absolute atomic E-state index is 0.0604. The van der Waals surface area contributed by atoms with Gasteiger partial charge in [-0.1, -0.05) is 20.8 Å². The van der Waals surface area contributed by atoms with E-state index in [1.54, 1.807) is 0 Å². The maximum Gasteiger partial charge on any atom is 0.240 e. The lowest BCUT2D eigenvalue weighted by molar-refractivity contribution is -0.127.